The zero-order chi connectivity index (χ0) is 33.3. The fourth-order valence-electron chi connectivity index (χ4n) is 4.23. The number of nitrogens with one attached hydrogen (secondary N) is 1. The summed E-state index contributed by atoms with van der Waals surface area (Å²) in [4.78, 5) is 12.4. The van der Waals surface area contributed by atoms with Crippen molar-refractivity contribution in [2.75, 3.05) is 5.75 Å². The fraction of sp³-hybridized carbons (Fsp3) is 0.553. The van der Waals surface area contributed by atoms with Gasteiger partial charge >= 0.3 is 0 Å². The molecule has 0 aromatic carbocycles. The van der Waals surface area contributed by atoms with Crippen LogP contribution < -0.4 is 5.32 Å². The molecule has 0 heterocycles. The number of unbranched alkanes of at least 4 members (excludes halogenated alkanes) is 6. The van der Waals surface area contributed by atoms with Crippen LogP contribution in [0.15, 0.2) is 97.2 Å². The predicted octanol–water partition coefficient (Wildman–Crippen LogP) is 9.45. The van der Waals surface area contributed by atoms with Crippen molar-refractivity contribution >= 4 is 16.0 Å². The van der Waals surface area contributed by atoms with Gasteiger partial charge in [-0.1, -0.05) is 124 Å². The molecule has 0 radical (unpaired) electrons. The first-order valence-corrected chi connectivity index (χ1v) is 18.5. The summed E-state index contributed by atoms with van der Waals surface area (Å²) in [6.45, 7) is 4.32. The summed E-state index contributed by atoms with van der Waals surface area (Å²) < 4.78 is 32.2. The van der Waals surface area contributed by atoms with E-state index in [1.54, 1.807) is 6.08 Å². The topological polar surface area (TPSA) is 104 Å². The van der Waals surface area contributed by atoms with Crippen molar-refractivity contribution in [3.8, 4) is 0 Å². The molecular formula is C38H61NO5S. The molecule has 0 aromatic rings. The Morgan fingerprint density at radius 1 is 0.622 bits per heavy atom. The molecule has 0 aliphatic heterocycles. The Morgan fingerprint density at radius 2 is 1.07 bits per heavy atom. The van der Waals surface area contributed by atoms with Gasteiger partial charge in [0.15, 0.2) is 0 Å². The summed E-state index contributed by atoms with van der Waals surface area (Å²) in [6.07, 6.45) is 46.9. The molecule has 0 aromatic heterocycles. The zero-order valence-corrected chi connectivity index (χ0v) is 28.8. The van der Waals surface area contributed by atoms with Crippen molar-refractivity contribution in [2.45, 2.75) is 129 Å². The highest BCUT2D eigenvalue weighted by Crippen LogP contribution is 2.07. The van der Waals surface area contributed by atoms with E-state index >= 15 is 0 Å². The molecule has 0 saturated carbocycles. The van der Waals surface area contributed by atoms with Crippen LogP contribution in [0.1, 0.15) is 117 Å². The molecule has 1 amide bonds. The monoisotopic (exact) mass is 643 g/mol. The molecule has 0 fully saturated rings. The smallest absolute Gasteiger partial charge is 0.267 e. The van der Waals surface area contributed by atoms with Crippen LogP contribution in [-0.4, -0.2) is 41.9 Å². The van der Waals surface area contributed by atoms with E-state index in [0.717, 1.165) is 64.2 Å². The highest BCUT2D eigenvalue weighted by atomic mass is 32.2. The largest absolute Gasteiger partial charge is 0.387 e. The Kier molecular flexibility index (Phi) is 29.3. The molecule has 0 rings (SSSR count). The quantitative estimate of drug-likeness (QED) is 0.0448. The van der Waals surface area contributed by atoms with Crippen molar-refractivity contribution in [1.29, 1.82) is 0 Å². The van der Waals surface area contributed by atoms with Gasteiger partial charge in [0.2, 0.25) is 5.91 Å². The molecule has 0 aliphatic carbocycles. The van der Waals surface area contributed by atoms with E-state index in [1.165, 1.54) is 25.3 Å². The lowest BCUT2D eigenvalue weighted by atomic mass is 10.1. The molecule has 7 heteroatoms. The number of hydrogen-bond acceptors (Lipinski definition) is 4. The molecule has 0 aliphatic rings. The average molecular weight is 644 g/mol. The summed E-state index contributed by atoms with van der Waals surface area (Å²) in [7, 11) is -4.36. The first kappa shape index (κ1) is 42.3. The van der Waals surface area contributed by atoms with Crippen LogP contribution in [0.2, 0.25) is 0 Å². The van der Waals surface area contributed by atoms with Gasteiger partial charge in [-0.15, -0.1) is 0 Å². The fourth-order valence-corrected chi connectivity index (χ4v) is 4.96. The highest BCUT2D eigenvalue weighted by Gasteiger charge is 2.24. The minimum Gasteiger partial charge on any atom is -0.387 e. The molecule has 45 heavy (non-hydrogen) atoms. The lowest BCUT2D eigenvalue weighted by Crippen LogP contribution is -2.46. The van der Waals surface area contributed by atoms with E-state index in [1.807, 2.05) is 0 Å². The minimum absolute atomic E-state index is 0.226. The summed E-state index contributed by atoms with van der Waals surface area (Å²) in [5.41, 5.74) is 0. The van der Waals surface area contributed by atoms with Gasteiger partial charge in [-0.25, -0.2) is 0 Å². The van der Waals surface area contributed by atoms with Crippen LogP contribution in [0.4, 0.5) is 0 Å². The molecule has 0 saturated heterocycles. The van der Waals surface area contributed by atoms with Crippen molar-refractivity contribution < 1.29 is 22.9 Å². The SMILES string of the molecule is CC/C=C\C/C=C\C/C=C\C/C=C\C/C=C\C/C=C\CCCCC(=O)NC(CS(=O)(=O)O)C(O)/C=C/CC/C=C/CCCCC. The molecule has 3 N–H and O–H groups in total. The number of rotatable bonds is 28. The summed E-state index contributed by atoms with van der Waals surface area (Å²) in [6, 6.07) is -1.10. The van der Waals surface area contributed by atoms with E-state index in [2.05, 4.69) is 104 Å². The number of hydrogen-bond donors (Lipinski definition) is 3. The molecule has 2 unspecified atom stereocenters. The van der Waals surface area contributed by atoms with Gasteiger partial charge in [0.05, 0.1) is 17.9 Å². The molecule has 0 spiro atoms. The van der Waals surface area contributed by atoms with Gasteiger partial charge in [0, 0.05) is 6.42 Å². The zero-order valence-electron chi connectivity index (χ0n) is 27.9. The average Bonchev–Trinajstić information content (AvgIpc) is 3.00. The normalized spacial score (nSPS) is 14.7. The van der Waals surface area contributed by atoms with E-state index in [0.29, 0.717) is 12.8 Å². The Bertz CT molecular complexity index is 1060. The summed E-state index contributed by atoms with van der Waals surface area (Å²) in [5.74, 6) is -1.08. The van der Waals surface area contributed by atoms with Crippen molar-refractivity contribution in [2.24, 2.45) is 0 Å². The second-order valence-corrected chi connectivity index (χ2v) is 12.5. The van der Waals surface area contributed by atoms with Crippen molar-refractivity contribution in [3.63, 3.8) is 0 Å². The van der Waals surface area contributed by atoms with Crippen molar-refractivity contribution in [1.82, 2.24) is 5.32 Å². The third-order valence-corrected chi connectivity index (χ3v) is 7.52. The van der Waals surface area contributed by atoms with Gasteiger partial charge in [-0.3, -0.25) is 9.35 Å². The van der Waals surface area contributed by atoms with E-state index < -0.39 is 28.0 Å². The second-order valence-electron chi connectivity index (χ2n) is 11.0. The van der Waals surface area contributed by atoms with E-state index in [4.69, 9.17) is 0 Å². The van der Waals surface area contributed by atoms with Crippen LogP contribution in [0, 0.1) is 0 Å². The molecule has 254 valence electrons. The van der Waals surface area contributed by atoms with Gasteiger partial charge < -0.3 is 10.4 Å². The van der Waals surface area contributed by atoms with Gasteiger partial charge in [-0.2, -0.15) is 8.42 Å². The molecule has 2 atom stereocenters. The van der Waals surface area contributed by atoms with Crippen LogP contribution in [0.25, 0.3) is 0 Å². The maximum atomic E-state index is 12.4. The maximum absolute atomic E-state index is 12.4. The number of aliphatic hydroxyl groups is 1. The first-order valence-electron chi connectivity index (χ1n) is 16.9. The third kappa shape index (κ3) is 32.5. The molecule has 6 nitrogen and oxygen atoms in total. The lowest BCUT2D eigenvalue weighted by molar-refractivity contribution is -0.122. The summed E-state index contributed by atoms with van der Waals surface area (Å²) in [5, 5.41) is 13.0. The van der Waals surface area contributed by atoms with Gasteiger partial charge in [0.1, 0.15) is 0 Å². The third-order valence-electron chi connectivity index (χ3n) is 6.74. The van der Waals surface area contributed by atoms with Gasteiger partial charge in [-0.05, 0) is 83.5 Å². The number of amides is 1. The number of aliphatic hydroxyl groups excluding tert-OH is 1. The van der Waals surface area contributed by atoms with Gasteiger partial charge in [0.25, 0.3) is 10.1 Å². The Hall–Kier alpha value is -2.74. The minimum atomic E-state index is -4.36. The van der Waals surface area contributed by atoms with Crippen LogP contribution >= 0.6 is 0 Å². The van der Waals surface area contributed by atoms with Crippen molar-refractivity contribution in [3.05, 3.63) is 97.2 Å². The Morgan fingerprint density at radius 3 is 1.58 bits per heavy atom. The Balaban J connectivity index is 4.15. The van der Waals surface area contributed by atoms with E-state index in [-0.39, 0.29) is 12.3 Å². The molecule has 0 bridgehead atoms. The van der Waals surface area contributed by atoms with Crippen LogP contribution in [0.5, 0.6) is 0 Å². The number of allylic oxidation sites excluding steroid dienone is 15. The summed E-state index contributed by atoms with van der Waals surface area (Å²) >= 11 is 0. The standard InChI is InChI=1S/C38H61NO5S/c1-3-5-7-9-11-13-14-15-16-17-18-19-20-21-22-23-24-26-28-30-32-34-38(41)39-36(35-45(42,43)44)37(40)33-31-29-27-25-12-10-8-6-4-2/h5,7,11-13,15-16,18-19,21-22,24-26,31,33,36-37,40H,3-4,6,8-10,14,17,20,23,27-30,32,34-35H2,1-2H3,(H,39,41)(H,42,43,44)/b7-5-,13-11-,16-15-,19-18-,22-21-,25-12+,26-24-,33-31+. The maximum Gasteiger partial charge on any atom is 0.267 e. The first-order chi connectivity index (χ1) is 21.8. The molecular weight excluding hydrogens is 582 g/mol. The van der Waals surface area contributed by atoms with E-state index in [9.17, 15) is 22.9 Å². The number of carbonyl (C=O) groups is 1. The van der Waals surface area contributed by atoms with Crippen LogP contribution in [0.3, 0.4) is 0 Å². The second kappa shape index (κ2) is 31.3. The highest BCUT2D eigenvalue weighted by molar-refractivity contribution is 7.85. The Labute approximate surface area is 275 Å². The number of carbonyl (C=O) groups excluding carboxylic acids is 1. The lowest BCUT2D eigenvalue weighted by Gasteiger charge is -2.21. The van der Waals surface area contributed by atoms with Crippen LogP contribution in [-0.2, 0) is 14.9 Å². The predicted molar refractivity (Wildman–Crippen MR) is 193 cm³/mol.